The second kappa shape index (κ2) is 4.85. The number of likely N-dealkylation sites (N-methyl/N-ethyl adjacent to an activating group) is 1. The number of rotatable bonds is 4. The van der Waals surface area contributed by atoms with Crippen LogP contribution in [0.15, 0.2) is 18.2 Å². The summed E-state index contributed by atoms with van der Waals surface area (Å²) >= 11 is 0. The lowest BCUT2D eigenvalue weighted by Gasteiger charge is -2.28. The zero-order valence-electron chi connectivity index (χ0n) is 9.47. The Hall–Kier alpha value is -1.75. The third-order valence-electron chi connectivity index (χ3n) is 2.46. The van der Waals surface area contributed by atoms with E-state index in [0.29, 0.717) is 12.2 Å². The predicted octanol–water partition coefficient (Wildman–Crippen LogP) is 0.773. The third-order valence-corrected chi connectivity index (χ3v) is 2.46. The first-order valence-corrected chi connectivity index (χ1v) is 5.08. The van der Waals surface area contributed by atoms with Gasteiger partial charge in [0.2, 0.25) is 0 Å². The van der Waals surface area contributed by atoms with Gasteiger partial charge in [-0.25, -0.2) is 4.79 Å². The number of carboxylic acid groups (broad SMARTS) is 1. The second-order valence-electron chi connectivity index (χ2n) is 3.62. The van der Waals surface area contributed by atoms with E-state index < -0.39 is 12.1 Å². The van der Waals surface area contributed by atoms with Crippen molar-refractivity contribution in [1.82, 2.24) is 0 Å². The Labute approximate surface area is 94.7 Å². The highest BCUT2D eigenvalue weighted by Crippen LogP contribution is 2.23. The van der Waals surface area contributed by atoms with Gasteiger partial charge in [0.25, 0.3) is 0 Å². The summed E-state index contributed by atoms with van der Waals surface area (Å²) in [4.78, 5) is 12.5. The number of aliphatic carboxylic acids is 1. The van der Waals surface area contributed by atoms with Crippen LogP contribution in [0.5, 0.6) is 0 Å². The standard InChI is InChI=1S/C11H17N3O2/c1-3-14(10(13)11(15)16)9-5-4-8(12)6-7(9)2/h4-6,10H,3,12-13H2,1-2H3,(H,15,16). The molecular weight excluding hydrogens is 206 g/mol. The number of nitrogens with two attached hydrogens (primary N) is 2. The minimum absolute atomic E-state index is 0.526. The second-order valence-corrected chi connectivity index (χ2v) is 3.62. The molecule has 0 spiro atoms. The topological polar surface area (TPSA) is 92.6 Å². The maximum absolute atomic E-state index is 10.9. The van der Waals surface area contributed by atoms with Crippen LogP contribution in [0, 0.1) is 6.92 Å². The summed E-state index contributed by atoms with van der Waals surface area (Å²) < 4.78 is 0. The van der Waals surface area contributed by atoms with E-state index in [0.717, 1.165) is 11.3 Å². The molecule has 1 rings (SSSR count). The van der Waals surface area contributed by atoms with Gasteiger partial charge in [-0.2, -0.15) is 0 Å². The summed E-state index contributed by atoms with van der Waals surface area (Å²) in [6, 6.07) is 5.32. The van der Waals surface area contributed by atoms with Crippen molar-refractivity contribution < 1.29 is 9.90 Å². The molecule has 5 N–H and O–H groups in total. The normalized spacial score (nSPS) is 12.2. The fourth-order valence-corrected chi connectivity index (χ4v) is 1.65. The van der Waals surface area contributed by atoms with E-state index in [2.05, 4.69) is 0 Å². The first-order valence-electron chi connectivity index (χ1n) is 5.08. The van der Waals surface area contributed by atoms with Crippen LogP contribution < -0.4 is 16.4 Å². The molecule has 1 unspecified atom stereocenters. The lowest BCUT2D eigenvalue weighted by Crippen LogP contribution is -2.48. The molecule has 0 aliphatic rings. The van der Waals surface area contributed by atoms with Crippen LogP contribution >= 0.6 is 0 Å². The van der Waals surface area contributed by atoms with Gasteiger partial charge < -0.3 is 21.5 Å². The van der Waals surface area contributed by atoms with E-state index in [9.17, 15) is 4.79 Å². The maximum atomic E-state index is 10.9. The summed E-state index contributed by atoms with van der Waals surface area (Å²) in [5, 5.41) is 8.90. The van der Waals surface area contributed by atoms with E-state index in [1.54, 1.807) is 23.1 Å². The molecule has 0 bridgehead atoms. The Morgan fingerprint density at radius 3 is 2.62 bits per heavy atom. The Bertz CT molecular complexity index is 393. The Morgan fingerprint density at radius 2 is 2.19 bits per heavy atom. The minimum Gasteiger partial charge on any atom is -0.479 e. The van der Waals surface area contributed by atoms with E-state index in [-0.39, 0.29) is 0 Å². The highest BCUT2D eigenvalue weighted by atomic mass is 16.4. The molecule has 0 fully saturated rings. The molecule has 0 aromatic heterocycles. The number of hydrogen-bond donors (Lipinski definition) is 3. The third kappa shape index (κ3) is 2.43. The molecule has 16 heavy (non-hydrogen) atoms. The first-order chi connectivity index (χ1) is 7.47. The van der Waals surface area contributed by atoms with E-state index in [4.69, 9.17) is 16.6 Å². The molecule has 5 nitrogen and oxygen atoms in total. The average molecular weight is 223 g/mol. The lowest BCUT2D eigenvalue weighted by molar-refractivity contribution is -0.138. The number of carbonyl (C=O) groups is 1. The summed E-state index contributed by atoms with van der Waals surface area (Å²) in [6.07, 6.45) is -1.03. The predicted molar refractivity (Wildman–Crippen MR) is 64.2 cm³/mol. The first kappa shape index (κ1) is 12.3. The molecule has 0 heterocycles. The molecule has 5 heteroatoms. The van der Waals surface area contributed by atoms with Crippen molar-refractivity contribution in [1.29, 1.82) is 0 Å². The number of anilines is 2. The van der Waals surface area contributed by atoms with Crippen LogP contribution in [0.3, 0.4) is 0 Å². The van der Waals surface area contributed by atoms with Crippen molar-refractivity contribution in [2.45, 2.75) is 20.0 Å². The summed E-state index contributed by atoms with van der Waals surface area (Å²) in [6.45, 7) is 4.26. The van der Waals surface area contributed by atoms with Crippen LogP contribution in [-0.4, -0.2) is 23.8 Å². The zero-order chi connectivity index (χ0) is 12.3. The van der Waals surface area contributed by atoms with E-state index in [1.165, 1.54) is 0 Å². The number of nitrogens with zero attached hydrogens (tertiary/aromatic N) is 1. The van der Waals surface area contributed by atoms with Gasteiger partial charge in [0.05, 0.1) is 0 Å². The molecule has 0 aliphatic carbocycles. The average Bonchev–Trinajstić information content (AvgIpc) is 2.21. The van der Waals surface area contributed by atoms with Crippen LogP contribution in [0.2, 0.25) is 0 Å². The van der Waals surface area contributed by atoms with Gasteiger partial charge in [-0.1, -0.05) is 0 Å². The summed E-state index contributed by atoms with van der Waals surface area (Å²) in [5.74, 6) is -1.04. The number of carboxylic acids is 1. The van der Waals surface area contributed by atoms with E-state index in [1.807, 2.05) is 13.8 Å². The smallest absolute Gasteiger partial charge is 0.341 e. The molecule has 0 saturated heterocycles. The van der Waals surface area contributed by atoms with Crippen LogP contribution in [0.1, 0.15) is 12.5 Å². The number of aryl methyl sites for hydroxylation is 1. The highest BCUT2D eigenvalue weighted by Gasteiger charge is 2.21. The van der Waals surface area contributed by atoms with Crippen molar-refractivity contribution in [3.05, 3.63) is 23.8 Å². The van der Waals surface area contributed by atoms with Crippen LogP contribution in [-0.2, 0) is 4.79 Å². The van der Waals surface area contributed by atoms with Gasteiger partial charge in [0, 0.05) is 17.9 Å². The van der Waals surface area contributed by atoms with Crippen molar-refractivity contribution in [2.75, 3.05) is 17.2 Å². The van der Waals surface area contributed by atoms with Gasteiger partial charge >= 0.3 is 5.97 Å². The van der Waals surface area contributed by atoms with E-state index >= 15 is 0 Å². The zero-order valence-corrected chi connectivity index (χ0v) is 9.47. The SMILES string of the molecule is CCN(c1ccc(N)cc1C)C(N)C(=O)O. The van der Waals surface area contributed by atoms with Gasteiger partial charge in [-0.05, 0) is 37.6 Å². The van der Waals surface area contributed by atoms with Gasteiger partial charge in [-0.3, -0.25) is 0 Å². The largest absolute Gasteiger partial charge is 0.479 e. The van der Waals surface area contributed by atoms with Crippen molar-refractivity contribution >= 4 is 17.3 Å². The molecule has 0 aliphatic heterocycles. The molecule has 1 aromatic rings. The molecule has 1 atom stereocenters. The molecule has 1 aromatic carbocycles. The number of benzene rings is 1. The minimum atomic E-state index is -1.04. The van der Waals surface area contributed by atoms with Crippen LogP contribution in [0.25, 0.3) is 0 Å². The van der Waals surface area contributed by atoms with Gasteiger partial charge in [-0.15, -0.1) is 0 Å². The monoisotopic (exact) mass is 223 g/mol. The maximum Gasteiger partial charge on any atom is 0.341 e. The molecule has 0 radical (unpaired) electrons. The molecular formula is C11H17N3O2. The highest BCUT2D eigenvalue weighted by molar-refractivity contribution is 5.78. The quantitative estimate of drug-likeness (QED) is 0.518. The van der Waals surface area contributed by atoms with Crippen molar-refractivity contribution in [3.63, 3.8) is 0 Å². The molecule has 88 valence electrons. The Balaban J connectivity index is 3.08. The summed E-state index contributed by atoms with van der Waals surface area (Å²) in [7, 11) is 0. The molecule has 0 saturated carbocycles. The van der Waals surface area contributed by atoms with Crippen LogP contribution in [0.4, 0.5) is 11.4 Å². The van der Waals surface area contributed by atoms with Crippen molar-refractivity contribution in [3.8, 4) is 0 Å². The fraction of sp³-hybridized carbons (Fsp3) is 0.364. The van der Waals surface area contributed by atoms with Crippen molar-refractivity contribution in [2.24, 2.45) is 5.73 Å². The molecule has 0 amide bonds. The Kier molecular flexibility index (Phi) is 3.73. The van der Waals surface area contributed by atoms with Gasteiger partial charge in [0.15, 0.2) is 6.17 Å². The number of nitrogen functional groups attached to an aromatic ring is 1. The van der Waals surface area contributed by atoms with Gasteiger partial charge in [0.1, 0.15) is 0 Å². The number of hydrogen-bond acceptors (Lipinski definition) is 4. The lowest BCUT2D eigenvalue weighted by atomic mass is 10.1. The summed E-state index contributed by atoms with van der Waals surface area (Å²) in [5.41, 5.74) is 13.6. The Morgan fingerprint density at radius 1 is 1.56 bits per heavy atom. The fourth-order valence-electron chi connectivity index (χ4n) is 1.65.